The third kappa shape index (κ3) is 5.68. The molecular weight excluding hydrogens is 508 g/mol. The van der Waals surface area contributed by atoms with Gasteiger partial charge in [-0.05, 0) is 31.5 Å². The summed E-state index contributed by atoms with van der Waals surface area (Å²) >= 11 is 0. The minimum Gasteiger partial charge on any atom is -0.486 e. The standard InChI is InChI=1S/C13H14N4O2.C10H6F4O2.C3H8/c1-9-7-16(8-14-9)10-3-4-11-12(18)15(2)5-6-17(11)13(10)19;11-7-2-4(16-10(12,13)14)1-6-5-3-8(5)15-9(6)7;1-3-2/h3-4,7-8H,5-6H2,1-2H3;1-2,5,8H,3H2;3H2,1-2H3. The van der Waals surface area contributed by atoms with Crippen molar-refractivity contribution in [2.75, 3.05) is 13.6 Å². The van der Waals surface area contributed by atoms with Crippen LogP contribution in [0.4, 0.5) is 17.6 Å². The Morgan fingerprint density at radius 2 is 1.87 bits per heavy atom. The van der Waals surface area contributed by atoms with E-state index in [1.807, 2.05) is 6.92 Å². The maximum atomic E-state index is 13.3. The normalized spacial score (nSPS) is 18.6. The van der Waals surface area contributed by atoms with E-state index >= 15 is 0 Å². The number of likely N-dealkylation sites (N-methyl/N-ethyl adjacent to an activating group) is 1. The van der Waals surface area contributed by atoms with Crippen molar-refractivity contribution in [3.63, 3.8) is 0 Å². The van der Waals surface area contributed by atoms with Crippen LogP contribution >= 0.6 is 0 Å². The molecule has 2 aromatic heterocycles. The van der Waals surface area contributed by atoms with E-state index in [0.29, 0.717) is 36.1 Å². The largest absolute Gasteiger partial charge is 0.573 e. The Labute approximate surface area is 216 Å². The van der Waals surface area contributed by atoms with E-state index in [-0.39, 0.29) is 29.2 Å². The van der Waals surface area contributed by atoms with Gasteiger partial charge in [0.1, 0.15) is 23.2 Å². The highest BCUT2D eigenvalue weighted by molar-refractivity contribution is 5.93. The number of hydrogen-bond acceptors (Lipinski definition) is 5. The van der Waals surface area contributed by atoms with Crippen LogP contribution in [0.15, 0.2) is 41.6 Å². The summed E-state index contributed by atoms with van der Waals surface area (Å²) in [6.45, 7) is 7.20. The second-order valence-corrected chi connectivity index (χ2v) is 9.29. The van der Waals surface area contributed by atoms with E-state index in [2.05, 4.69) is 23.6 Å². The number of benzene rings is 1. The quantitative estimate of drug-likeness (QED) is 0.439. The Morgan fingerprint density at radius 1 is 1.16 bits per heavy atom. The van der Waals surface area contributed by atoms with Crippen molar-refractivity contribution in [1.29, 1.82) is 0 Å². The second-order valence-electron chi connectivity index (χ2n) is 9.29. The van der Waals surface area contributed by atoms with E-state index in [1.165, 1.54) is 17.1 Å². The molecule has 3 aliphatic rings. The number of hydrogen-bond donors (Lipinski definition) is 0. The van der Waals surface area contributed by atoms with Gasteiger partial charge < -0.3 is 23.5 Å². The van der Waals surface area contributed by atoms with Crippen molar-refractivity contribution in [2.45, 2.75) is 58.5 Å². The lowest BCUT2D eigenvalue weighted by Gasteiger charge is -2.26. The SMILES string of the molecule is CCC.Cc1cn(-c2ccc3n(c2=O)CCN(C)C3=O)cn1.Fc1cc(OC(F)(F)F)cc2c1OC1CC21. The van der Waals surface area contributed by atoms with Crippen LogP contribution in [0.1, 0.15) is 54.4 Å². The number of halogens is 4. The van der Waals surface area contributed by atoms with Gasteiger partial charge in [-0.1, -0.05) is 20.3 Å². The van der Waals surface area contributed by atoms with Gasteiger partial charge >= 0.3 is 6.36 Å². The third-order valence-corrected chi connectivity index (χ3v) is 6.05. The van der Waals surface area contributed by atoms with E-state index in [1.54, 1.807) is 41.2 Å². The first kappa shape index (κ1) is 27.2. The molecule has 4 heterocycles. The van der Waals surface area contributed by atoms with Crippen LogP contribution in [0.3, 0.4) is 0 Å². The smallest absolute Gasteiger partial charge is 0.486 e. The zero-order valence-electron chi connectivity index (χ0n) is 21.4. The Hall–Kier alpha value is -3.83. The van der Waals surface area contributed by atoms with E-state index in [0.717, 1.165) is 12.1 Å². The number of alkyl halides is 3. The van der Waals surface area contributed by atoms with Gasteiger partial charge in [0, 0.05) is 43.9 Å². The minimum atomic E-state index is -4.80. The minimum absolute atomic E-state index is 0.0290. The number of nitrogens with zero attached hydrogens (tertiary/aromatic N) is 4. The zero-order valence-corrected chi connectivity index (χ0v) is 21.4. The van der Waals surface area contributed by atoms with Gasteiger partial charge in [0.05, 0.1) is 12.0 Å². The highest BCUT2D eigenvalue weighted by atomic mass is 19.4. The highest BCUT2D eigenvalue weighted by Crippen LogP contribution is 2.55. The second kappa shape index (κ2) is 10.5. The van der Waals surface area contributed by atoms with Crippen LogP contribution in [0.25, 0.3) is 5.69 Å². The van der Waals surface area contributed by atoms with Crippen molar-refractivity contribution >= 4 is 5.91 Å². The number of rotatable bonds is 2. The number of carbonyl (C=O) groups is 1. The number of ether oxygens (including phenoxy) is 2. The Balaban J connectivity index is 0.000000162. The molecule has 0 saturated heterocycles. The summed E-state index contributed by atoms with van der Waals surface area (Å²) in [5.74, 6) is -1.35. The Kier molecular flexibility index (Phi) is 7.52. The van der Waals surface area contributed by atoms with Crippen molar-refractivity contribution in [2.24, 2.45) is 0 Å². The lowest BCUT2D eigenvalue weighted by atomic mass is 10.1. The van der Waals surface area contributed by atoms with Gasteiger partial charge in [-0.3, -0.25) is 9.59 Å². The van der Waals surface area contributed by atoms with Gasteiger partial charge in [-0.2, -0.15) is 0 Å². The molecule has 0 spiro atoms. The fourth-order valence-corrected chi connectivity index (χ4v) is 4.23. The van der Waals surface area contributed by atoms with Gasteiger partial charge in [-0.25, -0.2) is 9.37 Å². The first-order valence-electron chi connectivity index (χ1n) is 12.2. The van der Waals surface area contributed by atoms with Crippen molar-refractivity contribution < 1.29 is 31.8 Å². The van der Waals surface area contributed by atoms with Gasteiger partial charge in [-0.15, -0.1) is 13.2 Å². The van der Waals surface area contributed by atoms with Gasteiger partial charge in [0.2, 0.25) is 0 Å². The number of aryl methyl sites for hydroxylation is 1. The van der Waals surface area contributed by atoms with Gasteiger partial charge in [0.25, 0.3) is 11.5 Å². The van der Waals surface area contributed by atoms with E-state index in [4.69, 9.17) is 4.74 Å². The van der Waals surface area contributed by atoms with Crippen molar-refractivity contribution in [3.05, 3.63) is 69.9 Å². The summed E-state index contributed by atoms with van der Waals surface area (Å²) in [5, 5.41) is 0. The Bertz CT molecular complexity index is 1400. The molecule has 0 N–H and O–H groups in total. The molecule has 1 aliphatic carbocycles. The maximum absolute atomic E-state index is 13.3. The molecule has 1 fully saturated rings. The number of imidazole rings is 1. The lowest BCUT2D eigenvalue weighted by Crippen LogP contribution is -2.42. The topological polar surface area (TPSA) is 78.6 Å². The molecule has 3 aromatic rings. The summed E-state index contributed by atoms with van der Waals surface area (Å²) < 4.78 is 61.3. The molecule has 0 radical (unpaired) electrons. The van der Waals surface area contributed by atoms with Crippen LogP contribution in [-0.4, -0.2) is 51.0 Å². The average molecular weight is 537 g/mol. The Morgan fingerprint density at radius 3 is 2.50 bits per heavy atom. The lowest BCUT2D eigenvalue weighted by molar-refractivity contribution is -0.274. The first-order valence-corrected chi connectivity index (χ1v) is 12.2. The molecule has 204 valence electrons. The predicted octanol–water partition coefficient (Wildman–Crippen LogP) is 4.82. The monoisotopic (exact) mass is 536 g/mol. The predicted molar refractivity (Wildman–Crippen MR) is 130 cm³/mol. The summed E-state index contributed by atoms with van der Waals surface area (Å²) in [4.78, 5) is 30.1. The van der Waals surface area contributed by atoms with E-state index in [9.17, 15) is 27.2 Å². The molecule has 6 rings (SSSR count). The third-order valence-electron chi connectivity index (χ3n) is 6.05. The molecule has 12 heteroatoms. The molecule has 2 atom stereocenters. The number of pyridine rings is 1. The summed E-state index contributed by atoms with van der Waals surface area (Å²) in [7, 11) is 1.74. The fraction of sp³-hybridized carbons (Fsp3) is 0.423. The summed E-state index contributed by atoms with van der Waals surface area (Å²) in [6.07, 6.45) is 0.520. The molecule has 2 unspecified atom stereocenters. The zero-order chi connectivity index (χ0) is 27.8. The highest BCUT2D eigenvalue weighted by Gasteiger charge is 2.49. The maximum Gasteiger partial charge on any atom is 0.573 e. The molecule has 38 heavy (non-hydrogen) atoms. The molecule has 1 saturated carbocycles. The van der Waals surface area contributed by atoms with Crippen LogP contribution in [0.2, 0.25) is 0 Å². The number of carbonyl (C=O) groups excluding carboxylic acids is 1. The number of amides is 1. The molecule has 2 aliphatic heterocycles. The molecular formula is C26H28F4N4O4. The van der Waals surface area contributed by atoms with Crippen LogP contribution in [-0.2, 0) is 6.54 Å². The fourth-order valence-electron chi connectivity index (χ4n) is 4.23. The van der Waals surface area contributed by atoms with Crippen molar-refractivity contribution in [1.82, 2.24) is 19.0 Å². The van der Waals surface area contributed by atoms with Crippen LogP contribution in [0, 0.1) is 12.7 Å². The number of fused-ring (bicyclic) bond motifs is 4. The number of aromatic nitrogens is 3. The van der Waals surface area contributed by atoms with Gasteiger partial charge in [0.15, 0.2) is 11.6 Å². The molecule has 8 nitrogen and oxygen atoms in total. The van der Waals surface area contributed by atoms with Crippen LogP contribution < -0.4 is 15.0 Å². The first-order chi connectivity index (χ1) is 17.9. The van der Waals surface area contributed by atoms with Crippen molar-refractivity contribution in [3.8, 4) is 17.2 Å². The molecule has 1 aromatic carbocycles. The molecule has 0 bridgehead atoms. The molecule has 1 amide bonds. The summed E-state index contributed by atoms with van der Waals surface area (Å²) in [6, 6.07) is 5.26. The average Bonchev–Trinajstić information content (AvgIpc) is 3.32. The summed E-state index contributed by atoms with van der Waals surface area (Å²) in [5.41, 5.74) is 2.12. The van der Waals surface area contributed by atoms with E-state index < -0.39 is 17.9 Å². The van der Waals surface area contributed by atoms with Crippen LogP contribution in [0.5, 0.6) is 11.5 Å².